The molecule has 2 aromatic rings. The van der Waals surface area contributed by atoms with Gasteiger partial charge in [-0.15, -0.1) is 0 Å². The van der Waals surface area contributed by atoms with Crippen molar-refractivity contribution in [1.29, 1.82) is 10.8 Å². The number of halogens is 1. The Bertz CT molecular complexity index is 1270. The Kier molecular flexibility index (Phi) is 7.18. The van der Waals surface area contributed by atoms with Gasteiger partial charge >= 0.3 is 0 Å². The molecule has 2 aliphatic rings. The summed E-state index contributed by atoms with van der Waals surface area (Å²) in [5, 5.41) is 17.8. The van der Waals surface area contributed by atoms with Crippen molar-refractivity contribution in [3.8, 4) is 5.88 Å². The third kappa shape index (κ3) is 5.29. The first-order chi connectivity index (χ1) is 17.3. The number of carbonyl (C=O) groups is 1. The van der Waals surface area contributed by atoms with E-state index in [4.69, 9.17) is 27.0 Å². The van der Waals surface area contributed by atoms with Crippen molar-refractivity contribution in [1.82, 2.24) is 14.8 Å². The van der Waals surface area contributed by atoms with E-state index < -0.39 is 11.7 Å². The van der Waals surface area contributed by atoms with Crippen molar-refractivity contribution in [2.75, 3.05) is 38.6 Å². The van der Waals surface area contributed by atoms with Crippen LogP contribution in [-0.2, 0) is 0 Å². The normalized spacial score (nSPS) is 15.6. The largest absolute Gasteiger partial charge is 0.481 e. The van der Waals surface area contributed by atoms with Crippen molar-refractivity contribution >= 4 is 34.8 Å². The maximum atomic E-state index is 14.9. The number of pyridine rings is 1. The molecule has 0 aliphatic carbocycles. The van der Waals surface area contributed by atoms with Gasteiger partial charge in [-0.2, -0.15) is 4.98 Å². The van der Waals surface area contributed by atoms with Gasteiger partial charge in [0.15, 0.2) is 11.9 Å². The topological polar surface area (TPSA) is 157 Å². The van der Waals surface area contributed by atoms with E-state index in [9.17, 15) is 9.18 Å². The zero-order valence-electron chi connectivity index (χ0n) is 20.0. The molecule has 7 N–H and O–H groups in total. The summed E-state index contributed by atoms with van der Waals surface area (Å²) in [5.41, 5.74) is 14.3. The maximum Gasteiger partial charge on any atom is 0.256 e. The molecule has 1 aromatic heterocycles. The Labute approximate surface area is 208 Å². The minimum absolute atomic E-state index is 0.00819. The lowest BCUT2D eigenvalue weighted by molar-refractivity contribution is 0.102. The number of aromatic nitrogens is 1. The van der Waals surface area contributed by atoms with Crippen molar-refractivity contribution < 1.29 is 13.9 Å². The summed E-state index contributed by atoms with van der Waals surface area (Å²) >= 11 is 0. The number of anilines is 1. The Hall–Kier alpha value is -4.41. The second-order valence-electron chi connectivity index (χ2n) is 8.52. The van der Waals surface area contributed by atoms with Crippen molar-refractivity contribution in [3.63, 3.8) is 0 Å². The van der Waals surface area contributed by atoms with Crippen LogP contribution in [0.25, 0.3) is 11.1 Å². The van der Waals surface area contributed by atoms with E-state index in [1.54, 1.807) is 28.0 Å². The molecule has 0 unspecified atom stereocenters. The first-order valence-electron chi connectivity index (χ1n) is 11.5. The number of nitrogens with one attached hydrogen (secondary N) is 3. The summed E-state index contributed by atoms with van der Waals surface area (Å²) in [7, 11) is 1.51. The number of guanidine groups is 2. The zero-order chi connectivity index (χ0) is 25.8. The fourth-order valence-corrected chi connectivity index (χ4v) is 4.28. The molecule has 1 aromatic carbocycles. The highest BCUT2D eigenvalue weighted by molar-refractivity contribution is 6.04. The second kappa shape index (κ2) is 10.5. The average Bonchev–Trinajstić information content (AvgIpc) is 2.88. The maximum absolute atomic E-state index is 14.9. The van der Waals surface area contributed by atoms with Crippen LogP contribution in [-0.4, -0.2) is 65.9 Å². The molecular weight excluding hydrogens is 463 g/mol. The molecule has 3 heterocycles. The van der Waals surface area contributed by atoms with Crippen LogP contribution in [0.1, 0.15) is 34.3 Å². The number of carbonyl (C=O) groups excluding carboxylic acids is 1. The number of hydrogen-bond donors (Lipinski definition) is 5. The van der Waals surface area contributed by atoms with E-state index in [1.165, 1.54) is 13.2 Å². The summed E-state index contributed by atoms with van der Waals surface area (Å²) in [4.78, 5) is 20.7. The van der Waals surface area contributed by atoms with Crippen molar-refractivity contribution in [3.05, 3.63) is 65.0 Å². The van der Waals surface area contributed by atoms with Crippen molar-refractivity contribution in [2.45, 2.75) is 12.8 Å². The van der Waals surface area contributed by atoms with E-state index in [2.05, 4.69) is 10.3 Å². The smallest absolute Gasteiger partial charge is 0.256 e. The first-order valence-corrected chi connectivity index (χ1v) is 11.5. The van der Waals surface area contributed by atoms with E-state index in [0.29, 0.717) is 50.5 Å². The lowest BCUT2D eigenvalue weighted by Gasteiger charge is -2.27. The number of ether oxygens (including phenoxy) is 1. The summed E-state index contributed by atoms with van der Waals surface area (Å²) < 4.78 is 20.3. The van der Waals surface area contributed by atoms with Gasteiger partial charge in [0.1, 0.15) is 11.6 Å². The molecule has 0 saturated heterocycles. The number of nitrogens with two attached hydrogens (primary N) is 2. The highest BCUT2D eigenvalue weighted by atomic mass is 19.1. The molecule has 188 valence electrons. The third-order valence-corrected chi connectivity index (χ3v) is 6.32. The summed E-state index contributed by atoms with van der Waals surface area (Å²) in [6.45, 7) is 2.13. The predicted molar refractivity (Wildman–Crippen MR) is 137 cm³/mol. The van der Waals surface area contributed by atoms with Gasteiger partial charge in [-0.3, -0.25) is 15.6 Å². The molecule has 0 atom stereocenters. The Balaban J connectivity index is 1.46. The Morgan fingerprint density at radius 1 is 1.00 bits per heavy atom. The van der Waals surface area contributed by atoms with Gasteiger partial charge in [0.25, 0.3) is 5.91 Å². The number of nitrogens with zero attached hydrogens (tertiary/aromatic N) is 3. The number of methoxy groups -OCH3 is 1. The lowest BCUT2D eigenvalue weighted by Crippen LogP contribution is -2.39. The predicted octanol–water partition coefficient (Wildman–Crippen LogP) is 2.45. The van der Waals surface area contributed by atoms with Gasteiger partial charge in [-0.25, -0.2) is 4.39 Å². The van der Waals surface area contributed by atoms with Crippen LogP contribution >= 0.6 is 0 Å². The number of hydrogen-bond acceptors (Lipinski definition) is 5. The molecule has 0 bridgehead atoms. The molecule has 10 nitrogen and oxygen atoms in total. The minimum Gasteiger partial charge on any atom is -0.481 e. The molecule has 0 spiro atoms. The molecule has 2 aliphatic heterocycles. The zero-order valence-corrected chi connectivity index (χ0v) is 20.0. The summed E-state index contributed by atoms with van der Waals surface area (Å²) in [6, 6.07) is 7.87. The standard InChI is InChI=1S/C25H29FN8O2/c1-36-23-19(16-8-12-34(13-9-16)25(29)30)4-5-21(32-23)31-22(35)17-2-3-18(20(26)14-17)15-6-10-33(11-7-15)24(27)28/h2-6,8,14H,7,9-13H2,1H3,(H3,27,28)(H3,29,30)(H,31,32,35). The fraction of sp³-hybridized carbons (Fsp3) is 0.280. The molecule has 36 heavy (non-hydrogen) atoms. The monoisotopic (exact) mass is 492 g/mol. The van der Waals surface area contributed by atoms with Gasteiger partial charge < -0.3 is 31.3 Å². The van der Waals surface area contributed by atoms with Crippen LogP contribution in [0.15, 0.2) is 42.5 Å². The quantitative estimate of drug-likeness (QED) is 0.317. The number of amides is 1. The SMILES string of the molecule is COc1nc(NC(=O)c2ccc(C3=CCN(C(=N)N)CC3)c(F)c2)ccc1C1=CCN(C(=N)N)CC1. The average molecular weight is 493 g/mol. The molecule has 11 heteroatoms. The van der Waals surface area contributed by atoms with Crippen LogP contribution in [0, 0.1) is 16.6 Å². The van der Waals surface area contributed by atoms with Crippen LogP contribution in [0.3, 0.4) is 0 Å². The van der Waals surface area contributed by atoms with Gasteiger partial charge in [0, 0.05) is 42.9 Å². The van der Waals surface area contributed by atoms with Crippen LogP contribution in [0.2, 0.25) is 0 Å². The van der Waals surface area contributed by atoms with E-state index in [1.807, 2.05) is 18.2 Å². The molecule has 1 amide bonds. The van der Waals surface area contributed by atoms with Crippen molar-refractivity contribution in [2.24, 2.45) is 11.5 Å². The van der Waals surface area contributed by atoms with Gasteiger partial charge in [-0.1, -0.05) is 18.2 Å². The Morgan fingerprint density at radius 2 is 1.58 bits per heavy atom. The minimum atomic E-state index is -0.491. The summed E-state index contributed by atoms with van der Waals surface area (Å²) in [6.07, 6.45) is 5.06. The van der Waals surface area contributed by atoms with Crippen LogP contribution in [0.5, 0.6) is 5.88 Å². The number of rotatable bonds is 5. The fourth-order valence-electron chi connectivity index (χ4n) is 4.28. The summed E-state index contributed by atoms with van der Waals surface area (Å²) in [5.74, 6) is -0.307. The molecule has 4 rings (SSSR count). The Morgan fingerprint density at radius 3 is 2.08 bits per heavy atom. The van der Waals surface area contributed by atoms with E-state index >= 15 is 0 Å². The second-order valence-corrected chi connectivity index (χ2v) is 8.52. The van der Waals surface area contributed by atoms with Gasteiger partial charge in [0.2, 0.25) is 5.88 Å². The lowest BCUT2D eigenvalue weighted by atomic mass is 9.97. The third-order valence-electron chi connectivity index (χ3n) is 6.32. The molecule has 0 fully saturated rings. The molecule has 0 saturated carbocycles. The van der Waals surface area contributed by atoms with E-state index in [0.717, 1.165) is 16.7 Å². The molecular formula is C25H29FN8O2. The highest BCUT2D eigenvalue weighted by Gasteiger charge is 2.20. The molecule has 0 radical (unpaired) electrons. The van der Waals surface area contributed by atoms with Gasteiger partial charge in [0.05, 0.1) is 7.11 Å². The van der Waals surface area contributed by atoms with Gasteiger partial charge in [-0.05, 0) is 48.3 Å². The van der Waals surface area contributed by atoms with E-state index in [-0.39, 0.29) is 23.3 Å². The van der Waals surface area contributed by atoms with Crippen LogP contribution in [0.4, 0.5) is 10.2 Å². The highest BCUT2D eigenvalue weighted by Crippen LogP contribution is 2.30. The number of benzene rings is 1. The first kappa shape index (κ1) is 24.7. The van der Waals surface area contributed by atoms with Crippen LogP contribution < -0.4 is 21.5 Å².